The van der Waals surface area contributed by atoms with Crippen molar-refractivity contribution >= 4 is 63.9 Å². The number of halogens is 4. The Bertz CT molecular complexity index is 442. The van der Waals surface area contributed by atoms with Crippen LogP contribution in [0.1, 0.15) is 0 Å². The molecule has 2 N–H and O–H groups in total. The van der Waals surface area contributed by atoms with Gasteiger partial charge in [-0.15, -0.1) is 24.8 Å². The van der Waals surface area contributed by atoms with E-state index in [4.69, 9.17) is 11.6 Å². The number of carbonyl (C=O) groups excluding carboxylic acids is 1. The van der Waals surface area contributed by atoms with E-state index < -0.39 is 0 Å². The standard InChI is InChI=1S/C12H15BrClN3O.2ClH/c13-9-1-2-11(10(14)7-9)16-12(18)8-17-5-3-15-4-6-17;;/h1-2,7,15H,3-6,8H2,(H,16,18);2*1H. The summed E-state index contributed by atoms with van der Waals surface area (Å²) in [6.07, 6.45) is 0. The largest absolute Gasteiger partial charge is 0.324 e. The van der Waals surface area contributed by atoms with Gasteiger partial charge < -0.3 is 10.6 Å². The summed E-state index contributed by atoms with van der Waals surface area (Å²) in [5.41, 5.74) is 0.653. The molecule has 0 radical (unpaired) electrons. The number of anilines is 1. The molecule has 1 aliphatic heterocycles. The van der Waals surface area contributed by atoms with Gasteiger partial charge in [-0.1, -0.05) is 27.5 Å². The third kappa shape index (κ3) is 6.16. The monoisotopic (exact) mass is 403 g/mol. The van der Waals surface area contributed by atoms with Gasteiger partial charge in [0.2, 0.25) is 5.91 Å². The van der Waals surface area contributed by atoms with E-state index in [1.165, 1.54) is 0 Å². The molecule has 1 aromatic carbocycles. The number of nitrogens with zero attached hydrogens (tertiary/aromatic N) is 1. The highest BCUT2D eigenvalue weighted by atomic mass is 79.9. The minimum Gasteiger partial charge on any atom is -0.324 e. The average molecular weight is 406 g/mol. The number of benzene rings is 1. The number of rotatable bonds is 3. The summed E-state index contributed by atoms with van der Waals surface area (Å²) in [5, 5.41) is 6.62. The number of hydrogen-bond acceptors (Lipinski definition) is 3. The van der Waals surface area contributed by atoms with Crippen molar-refractivity contribution in [1.29, 1.82) is 0 Å². The van der Waals surface area contributed by atoms with Gasteiger partial charge >= 0.3 is 0 Å². The van der Waals surface area contributed by atoms with Crippen molar-refractivity contribution in [3.8, 4) is 0 Å². The predicted octanol–water partition coefficient (Wildman–Crippen LogP) is 2.79. The first-order valence-electron chi connectivity index (χ1n) is 5.83. The van der Waals surface area contributed by atoms with Crippen LogP contribution in [0.5, 0.6) is 0 Å². The molecule has 114 valence electrons. The highest BCUT2D eigenvalue weighted by Gasteiger charge is 2.14. The fraction of sp³-hybridized carbons (Fsp3) is 0.417. The molecule has 2 rings (SSSR count). The van der Waals surface area contributed by atoms with Gasteiger partial charge in [0.1, 0.15) is 0 Å². The fourth-order valence-corrected chi connectivity index (χ4v) is 2.57. The molecule has 0 bridgehead atoms. The molecule has 1 saturated heterocycles. The van der Waals surface area contributed by atoms with E-state index in [0.29, 0.717) is 17.3 Å². The predicted molar refractivity (Wildman–Crippen MR) is 91.6 cm³/mol. The van der Waals surface area contributed by atoms with Crippen molar-refractivity contribution in [1.82, 2.24) is 10.2 Å². The maximum atomic E-state index is 11.9. The molecule has 0 aromatic heterocycles. The Labute approximate surface area is 144 Å². The number of nitrogens with one attached hydrogen (secondary N) is 2. The van der Waals surface area contributed by atoms with E-state index in [2.05, 4.69) is 31.5 Å². The molecule has 1 aliphatic rings. The first kappa shape index (κ1) is 20.0. The molecule has 0 spiro atoms. The summed E-state index contributed by atoms with van der Waals surface area (Å²) in [7, 11) is 0. The van der Waals surface area contributed by atoms with Crippen molar-refractivity contribution in [3.05, 3.63) is 27.7 Å². The van der Waals surface area contributed by atoms with Crippen LogP contribution in [-0.2, 0) is 4.79 Å². The van der Waals surface area contributed by atoms with Crippen LogP contribution >= 0.6 is 52.3 Å². The molecule has 0 aliphatic carbocycles. The minimum atomic E-state index is -0.0267. The SMILES string of the molecule is Cl.Cl.O=C(CN1CCNCC1)Nc1ccc(Br)cc1Cl. The third-order valence-corrected chi connectivity index (χ3v) is 3.59. The second kappa shape index (κ2) is 9.82. The maximum Gasteiger partial charge on any atom is 0.238 e. The van der Waals surface area contributed by atoms with Crippen LogP contribution < -0.4 is 10.6 Å². The van der Waals surface area contributed by atoms with Gasteiger partial charge in [-0.2, -0.15) is 0 Å². The summed E-state index contributed by atoms with van der Waals surface area (Å²) in [6, 6.07) is 5.41. The lowest BCUT2D eigenvalue weighted by Crippen LogP contribution is -2.46. The highest BCUT2D eigenvalue weighted by Crippen LogP contribution is 2.25. The van der Waals surface area contributed by atoms with Gasteiger partial charge in [-0.05, 0) is 18.2 Å². The molecule has 1 heterocycles. The molecule has 20 heavy (non-hydrogen) atoms. The topological polar surface area (TPSA) is 44.4 Å². The number of hydrogen-bond donors (Lipinski definition) is 2. The van der Waals surface area contributed by atoms with Gasteiger partial charge in [-0.25, -0.2) is 0 Å². The zero-order valence-corrected chi connectivity index (χ0v) is 14.7. The van der Waals surface area contributed by atoms with Crippen molar-refractivity contribution < 1.29 is 4.79 Å². The molecule has 1 amide bonds. The van der Waals surface area contributed by atoms with Gasteiger partial charge in [0.05, 0.1) is 17.3 Å². The van der Waals surface area contributed by atoms with E-state index in [-0.39, 0.29) is 30.7 Å². The second-order valence-electron chi connectivity index (χ2n) is 4.20. The van der Waals surface area contributed by atoms with Gasteiger partial charge in [-0.3, -0.25) is 9.69 Å². The molecule has 4 nitrogen and oxygen atoms in total. The third-order valence-electron chi connectivity index (χ3n) is 2.78. The lowest BCUT2D eigenvalue weighted by molar-refractivity contribution is -0.117. The summed E-state index contributed by atoms with van der Waals surface area (Å²) in [4.78, 5) is 14.0. The Morgan fingerprint density at radius 2 is 2.00 bits per heavy atom. The van der Waals surface area contributed by atoms with Crippen LogP contribution in [0.25, 0.3) is 0 Å². The van der Waals surface area contributed by atoms with E-state index >= 15 is 0 Å². The first-order chi connectivity index (χ1) is 8.65. The smallest absolute Gasteiger partial charge is 0.238 e. The van der Waals surface area contributed by atoms with Crippen molar-refractivity contribution in [3.63, 3.8) is 0 Å². The van der Waals surface area contributed by atoms with Crippen LogP contribution in [-0.4, -0.2) is 43.5 Å². The summed E-state index contributed by atoms with van der Waals surface area (Å²) >= 11 is 9.38. The van der Waals surface area contributed by atoms with Gasteiger partial charge in [0, 0.05) is 30.7 Å². The van der Waals surface area contributed by atoms with E-state index in [0.717, 1.165) is 30.7 Å². The van der Waals surface area contributed by atoms with Gasteiger partial charge in [0.15, 0.2) is 0 Å². The normalized spacial score (nSPS) is 14.9. The number of amides is 1. The minimum absolute atomic E-state index is 0. The molecule has 1 fully saturated rings. The zero-order valence-electron chi connectivity index (χ0n) is 10.7. The molecule has 0 atom stereocenters. The van der Waals surface area contributed by atoms with E-state index in [9.17, 15) is 4.79 Å². The van der Waals surface area contributed by atoms with Crippen LogP contribution in [0, 0.1) is 0 Å². The van der Waals surface area contributed by atoms with E-state index in [1.807, 2.05) is 6.07 Å². The lowest BCUT2D eigenvalue weighted by atomic mass is 10.3. The van der Waals surface area contributed by atoms with Crippen LogP contribution in [0.3, 0.4) is 0 Å². The van der Waals surface area contributed by atoms with Crippen LogP contribution in [0.2, 0.25) is 5.02 Å². The number of carbonyl (C=O) groups is 1. The molecule has 8 heteroatoms. The Morgan fingerprint density at radius 1 is 1.35 bits per heavy atom. The molecule has 1 aromatic rings. The van der Waals surface area contributed by atoms with Crippen molar-refractivity contribution in [2.24, 2.45) is 0 Å². The molecule has 0 saturated carbocycles. The Morgan fingerprint density at radius 3 is 2.60 bits per heavy atom. The molecular weight excluding hydrogens is 388 g/mol. The Hall–Kier alpha value is -0.0400. The van der Waals surface area contributed by atoms with Crippen LogP contribution in [0.4, 0.5) is 5.69 Å². The second-order valence-corrected chi connectivity index (χ2v) is 5.52. The Balaban J connectivity index is 0.00000180. The van der Waals surface area contributed by atoms with E-state index in [1.54, 1.807) is 12.1 Å². The van der Waals surface area contributed by atoms with Crippen LogP contribution in [0.15, 0.2) is 22.7 Å². The average Bonchev–Trinajstić information content (AvgIpc) is 2.34. The summed E-state index contributed by atoms with van der Waals surface area (Å²) in [6.45, 7) is 4.09. The summed E-state index contributed by atoms with van der Waals surface area (Å²) < 4.78 is 0.896. The Kier molecular flexibility index (Phi) is 9.80. The quantitative estimate of drug-likeness (QED) is 0.813. The fourth-order valence-electron chi connectivity index (χ4n) is 1.85. The molecule has 0 unspecified atom stereocenters. The lowest BCUT2D eigenvalue weighted by Gasteiger charge is -2.26. The highest BCUT2D eigenvalue weighted by molar-refractivity contribution is 9.10. The summed E-state index contributed by atoms with van der Waals surface area (Å²) in [5.74, 6) is -0.0267. The van der Waals surface area contributed by atoms with Crippen molar-refractivity contribution in [2.75, 3.05) is 38.0 Å². The number of piperazine rings is 1. The zero-order chi connectivity index (χ0) is 13.0. The van der Waals surface area contributed by atoms with Gasteiger partial charge in [0.25, 0.3) is 0 Å². The van der Waals surface area contributed by atoms with Crippen molar-refractivity contribution in [2.45, 2.75) is 0 Å². The maximum absolute atomic E-state index is 11.9. The molecular formula is C12H17BrCl3N3O. The first-order valence-corrected chi connectivity index (χ1v) is 7.00.